The van der Waals surface area contributed by atoms with Gasteiger partial charge in [0.15, 0.2) is 5.82 Å². The molecule has 3 aliphatic heterocycles. The molecule has 3 aromatic rings. The van der Waals surface area contributed by atoms with Crippen molar-refractivity contribution in [1.29, 1.82) is 0 Å². The molecule has 2 saturated heterocycles. The fraction of sp³-hybridized carbons (Fsp3) is 0.367. The minimum absolute atomic E-state index is 0.00117. The zero-order chi connectivity index (χ0) is 30.5. The molecule has 0 spiro atoms. The van der Waals surface area contributed by atoms with E-state index in [0.717, 1.165) is 12.8 Å². The molecule has 13 heteroatoms. The van der Waals surface area contributed by atoms with E-state index >= 15 is 4.39 Å². The predicted octanol–water partition coefficient (Wildman–Crippen LogP) is 4.08. The number of fused-ring (bicyclic) bond motifs is 1. The molecule has 4 N–H and O–H groups in total. The number of nitrogens with one attached hydrogen (secondary N) is 2. The molecule has 224 valence electrons. The summed E-state index contributed by atoms with van der Waals surface area (Å²) in [6.07, 6.45) is 3.59. The van der Waals surface area contributed by atoms with Gasteiger partial charge in [0.05, 0.1) is 22.8 Å². The third-order valence-electron chi connectivity index (χ3n) is 8.62. The molecule has 1 atom stereocenters. The van der Waals surface area contributed by atoms with Crippen molar-refractivity contribution in [1.82, 2.24) is 25.5 Å². The van der Waals surface area contributed by atoms with E-state index in [-0.39, 0.29) is 54.3 Å². The summed E-state index contributed by atoms with van der Waals surface area (Å²) in [5.41, 5.74) is 8.09. The van der Waals surface area contributed by atoms with Crippen molar-refractivity contribution >= 4 is 52.6 Å². The lowest BCUT2D eigenvalue weighted by Crippen LogP contribution is -2.52. The van der Waals surface area contributed by atoms with Crippen LogP contribution in [0.1, 0.15) is 54.1 Å². The highest BCUT2D eigenvalue weighted by Gasteiger charge is 2.40. The highest BCUT2D eigenvalue weighted by Crippen LogP contribution is 2.36. The lowest BCUT2D eigenvalue weighted by Gasteiger charge is -2.40. The molecule has 0 radical (unpaired) electrons. The molecular formula is C30H30Cl2FN7O3. The first-order valence-electron chi connectivity index (χ1n) is 14.1. The number of piperidine rings is 2. The second-order valence-electron chi connectivity index (χ2n) is 11.4. The van der Waals surface area contributed by atoms with Crippen LogP contribution in [0.3, 0.4) is 0 Å². The minimum Gasteiger partial charge on any atom is -0.382 e. The van der Waals surface area contributed by atoms with Crippen LogP contribution in [0.4, 0.5) is 16.0 Å². The van der Waals surface area contributed by atoms with E-state index in [2.05, 4.69) is 32.4 Å². The molecule has 6 rings (SSSR count). The lowest BCUT2D eigenvalue weighted by atomic mass is 9.89. The number of halogens is 3. The Kier molecular flexibility index (Phi) is 7.74. The van der Waals surface area contributed by atoms with Gasteiger partial charge < -0.3 is 20.9 Å². The number of benzene rings is 2. The quantitative estimate of drug-likeness (QED) is 0.349. The van der Waals surface area contributed by atoms with Crippen molar-refractivity contribution in [3.05, 3.63) is 69.1 Å². The van der Waals surface area contributed by atoms with E-state index in [1.54, 1.807) is 36.5 Å². The van der Waals surface area contributed by atoms with Gasteiger partial charge in [-0.2, -0.15) is 0 Å². The Labute approximate surface area is 257 Å². The summed E-state index contributed by atoms with van der Waals surface area (Å²) < 4.78 is 15.6. The average molecular weight is 627 g/mol. The molecule has 10 nitrogen and oxygen atoms in total. The van der Waals surface area contributed by atoms with Gasteiger partial charge in [0, 0.05) is 53.8 Å². The topological polar surface area (TPSA) is 134 Å². The molecule has 0 aliphatic carbocycles. The predicted molar refractivity (Wildman–Crippen MR) is 161 cm³/mol. The summed E-state index contributed by atoms with van der Waals surface area (Å²) in [5.74, 6) is -0.798. The van der Waals surface area contributed by atoms with Gasteiger partial charge >= 0.3 is 0 Å². The van der Waals surface area contributed by atoms with Gasteiger partial charge in [0.1, 0.15) is 23.4 Å². The number of hydrogen-bond donors (Lipinski definition) is 3. The Morgan fingerprint density at radius 1 is 1.14 bits per heavy atom. The van der Waals surface area contributed by atoms with Gasteiger partial charge in [0.25, 0.3) is 5.91 Å². The van der Waals surface area contributed by atoms with Crippen LogP contribution in [0.5, 0.6) is 0 Å². The summed E-state index contributed by atoms with van der Waals surface area (Å²) in [4.78, 5) is 49.4. The number of carbonyl (C=O) groups is 3. The van der Waals surface area contributed by atoms with E-state index in [9.17, 15) is 14.4 Å². The molecule has 2 fully saturated rings. The zero-order valence-electron chi connectivity index (χ0n) is 23.4. The zero-order valence-corrected chi connectivity index (χ0v) is 24.9. The summed E-state index contributed by atoms with van der Waals surface area (Å²) in [6.45, 7) is 3.77. The van der Waals surface area contributed by atoms with Gasteiger partial charge in [-0.3, -0.25) is 19.7 Å². The maximum Gasteiger partial charge on any atom is 0.255 e. The second kappa shape index (κ2) is 11.4. The Hall–Kier alpha value is -3.80. The Morgan fingerprint density at radius 2 is 1.91 bits per heavy atom. The van der Waals surface area contributed by atoms with E-state index in [0.29, 0.717) is 45.8 Å². The number of amides is 3. The van der Waals surface area contributed by atoms with E-state index < -0.39 is 23.7 Å². The fourth-order valence-electron chi connectivity index (χ4n) is 5.94. The Balaban J connectivity index is 1.08. The van der Waals surface area contributed by atoms with Crippen LogP contribution < -0.4 is 21.3 Å². The van der Waals surface area contributed by atoms with Gasteiger partial charge in [-0.05, 0) is 38.3 Å². The molecule has 1 aromatic heterocycles. The smallest absolute Gasteiger partial charge is 0.255 e. The third-order valence-corrected chi connectivity index (χ3v) is 9.44. The number of rotatable bonds is 6. The van der Waals surface area contributed by atoms with Crippen LogP contribution in [-0.4, -0.2) is 57.3 Å². The van der Waals surface area contributed by atoms with Crippen LogP contribution in [0.2, 0.25) is 10.0 Å². The number of anilines is 2. The molecule has 2 aromatic carbocycles. The van der Waals surface area contributed by atoms with Crippen molar-refractivity contribution in [2.45, 2.75) is 57.3 Å². The van der Waals surface area contributed by atoms with E-state index in [1.165, 1.54) is 4.90 Å². The SMILES string of the molecule is CC1(NCc2ccc3c(c2F)CN(C2CCC(=O)NC2=O)C3=O)CCN(c2cnc(-c3cccc(Cl)c3Cl)c(N)n2)CC1. The van der Waals surface area contributed by atoms with Crippen LogP contribution >= 0.6 is 23.2 Å². The number of imide groups is 1. The number of nitrogens with zero attached hydrogens (tertiary/aromatic N) is 4. The summed E-state index contributed by atoms with van der Waals surface area (Å²) in [5, 5.41) is 6.57. The molecule has 4 heterocycles. The van der Waals surface area contributed by atoms with Crippen LogP contribution in [0, 0.1) is 5.82 Å². The summed E-state index contributed by atoms with van der Waals surface area (Å²) in [7, 11) is 0. The number of aromatic nitrogens is 2. The molecule has 1 unspecified atom stereocenters. The van der Waals surface area contributed by atoms with Crippen molar-refractivity contribution in [2.75, 3.05) is 23.7 Å². The van der Waals surface area contributed by atoms with Crippen LogP contribution in [0.25, 0.3) is 11.3 Å². The normalized spacial score (nSPS) is 19.9. The average Bonchev–Trinajstić information content (AvgIpc) is 3.31. The minimum atomic E-state index is -0.784. The van der Waals surface area contributed by atoms with Crippen LogP contribution in [-0.2, 0) is 22.7 Å². The van der Waals surface area contributed by atoms with Gasteiger partial charge in [-0.25, -0.2) is 14.4 Å². The molecule has 3 amide bonds. The maximum absolute atomic E-state index is 15.6. The first-order valence-corrected chi connectivity index (χ1v) is 14.8. The van der Waals surface area contributed by atoms with E-state index in [1.807, 2.05) is 0 Å². The van der Waals surface area contributed by atoms with Gasteiger partial charge in [0.2, 0.25) is 11.8 Å². The summed E-state index contributed by atoms with van der Waals surface area (Å²) in [6, 6.07) is 7.73. The standard InChI is InChI=1S/C30H30Cl2FN7O3/c1-30(9-11-39(12-10-30)22-14-35-26(27(34)37-22)18-3-2-4-20(31)24(18)32)36-13-16-5-6-17-19(25(16)33)15-40(29(17)43)21-7-8-23(41)38-28(21)42/h2-6,14,21,36H,7-13,15H2,1H3,(H2,34,37)(H,38,41,42). The monoisotopic (exact) mass is 625 g/mol. The van der Waals surface area contributed by atoms with Crippen molar-refractivity contribution in [2.24, 2.45) is 0 Å². The van der Waals surface area contributed by atoms with Crippen LogP contribution in [0.15, 0.2) is 36.5 Å². The van der Waals surface area contributed by atoms with Crippen molar-refractivity contribution in [3.63, 3.8) is 0 Å². The molecule has 0 saturated carbocycles. The highest BCUT2D eigenvalue weighted by molar-refractivity contribution is 6.43. The van der Waals surface area contributed by atoms with Gasteiger partial charge in [-0.1, -0.05) is 41.4 Å². The molecule has 43 heavy (non-hydrogen) atoms. The largest absolute Gasteiger partial charge is 0.382 e. The summed E-state index contributed by atoms with van der Waals surface area (Å²) >= 11 is 12.5. The first-order chi connectivity index (χ1) is 20.5. The highest BCUT2D eigenvalue weighted by atomic mass is 35.5. The first kappa shape index (κ1) is 29.3. The van der Waals surface area contributed by atoms with Crippen molar-refractivity contribution < 1.29 is 18.8 Å². The van der Waals surface area contributed by atoms with E-state index in [4.69, 9.17) is 28.9 Å². The number of hydrogen-bond acceptors (Lipinski definition) is 8. The Bertz CT molecular complexity index is 1640. The van der Waals surface area contributed by atoms with Crippen molar-refractivity contribution in [3.8, 4) is 11.3 Å². The molecular weight excluding hydrogens is 596 g/mol. The number of nitrogen functional groups attached to an aromatic ring is 1. The fourth-order valence-corrected chi connectivity index (χ4v) is 6.33. The van der Waals surface area contributed by atoms with Gasteiger partial charge in [-0.15, -0.1) is 0 Å². The third kappa shape index (κ3) is 5.52. The number of carbonyl (C=O) groups excluding carboxylic acids is 3. The second-order valence-corrected chi connectivity index (χ2v) is 12.2. The number of nitrogens with two attached hydrogens (primary N) is 1. The maximum atomic E-state index is 15.6. The lowest BCUT2D eigenvalue weighted by molar-refractivity contribution is -0.136. The molecule has 0 bridgehead atoms. The Morgan fingerprint density at radius 3 is 2.63 bits per heavy atom. The molecule has 3 aliphatic rings.